The summed E-state index contributed by atoms with van der Waals surface area (Å²) in [6, 6.07) is 17.4. The summed E-state index contributed by atoms with van der Waals surface area (Å²) < 4.78 is 0. The first kappa shape index (κ1) is 14.0. The van der Waals surface area contributed by atoms with Crippen LogP contribution in [0.1, 0.15) is 31.2 Å². The summed E-state index contributed by atoms with van der Waals surface area (Å²) in [6.07, 6.45) is 0. The Morgan fingerprint density at radius 2 is 1.86 bits per heavy atom. The van der Waals surface area contributed by atoms with E-state index in [1.54, 1.807) is 6.07 Å². The van der Waals surface area contributed by atoms with E-state index in [4.69, 9.17) is 5.26 Å². The predicted molar refractivity (Wildman–Crippen MR) is 88.1 cm³/mol. The van der Waals surface area contributed by atoms with Crippen molar-refractivity contribution in [2.24, 2.45) is 0 Å². The van der Waals surface area contributed by atoms with Gasteiger partial charge in [0.25, 0.3) is 0 Å². The van der Waals surface area contributed by atoms with E-state index in [0.29, 0.717) is 5.56 Å². The molecule has 4 nitrogen and oxygen atoms in total. The average Bonchev–Trinajstić information content (AvgIpc) is 2.55. The smallest absolute Gasteiger partial charge is 0.142 e. The molecule has 0 radical (unpaired) electrons. The van der Waals surface area contributed by atoms with Crippen LogP contribution in [0.3, 0.4) is 0 Å². The Morgan fingerprint density at radius 1 is 1.05 bits per heavy atom. The molecule has 0 aliphatic carbocycles. The summed E-state index contributed by atoms with van der Waals surface area (Å²) >= 11 is 0. The number of fused-ring (bicyclic) bond motifs is 1. The molecule has 1 N–H and O–H groups in total. The Bertz CT molecular complexity index is 862. The van der Waals surface area contributed by atoms with Gasteiger partial charge in [0.1, 0.15) is 11.6 Å². The summed E-state index contributed by atoms with van der Waals surface area (Å²) in [7, 11) is 0. The van der Waals surface area contributed by atoms with Gasteiger partial charge in [-0.15, -0.1) is 0 Å². The minimum absolute atomic E-state index is 0.246. The number of nitrogens with one attached hydrogen (secondary N) is 1. The number of aromatic nitrogens is 2. The van der Waals surface area contributed by atoms with E-state index < -0.39 is 0 Å². The molecular weight excluding hydrogens is 272 g/mol. The fraction of sp³-hybridized carbons (Fsp3) is 0.167. The first-order valence-corrected chi connectivity index (χ1v) is 7.21. The minimum Gasteiger partial charge on any atom is -0.340 e. The molecule has 1 heterocycles. The molecule has 0 saturated carbocycles. The lowest BCUT2D eigenvalue weighted by molar-refractivity contribution is 0.785. The van der Waals surface area contributed by atoms with Crippen LogP contribution in [0.25, 0.3) is 10.9 Å². The van der Waals surface area contributed by atoms with Crippen molar-refractivity contribution in [1.82, 2.24) is 9.97 Å². The van der Waals surface area contributed by atoms with Gasteiger partial charge in [-0.3, -0.25) is 0 Å². The maximum Gasteiger partial charge on any atom is 0.142 e. The van der Waals surface area contributed by atoms with Crippen LogP contribution in [-0.4, -0.2) is 9.97 Å². The van der Waals surface area contributed by atoms with Crippen molar-refractivity contribution in [1.29, 1.82) is 5.26 Å². The molecule has 0 unspecified atom stereocenters. The molecule has 0 bridgehead atoms. The normalized spacial score (nSPS) is 10.6. The zero-order valence-electron chi connectivity index (χ0n) is 12.5. The average molecular weight is 288 g/mol. The lowest BCUT2D eigenvalue weighted by atomic mass is 10.1. The molecular formula is C18H16N4. The number of hydrogen-bond acceptors (Lipinski definition) is 4. The van der Waals surface area contributed by atoms with Crippen LogP contribution in [0.5, 0.6) is 0 Å². The molecule has 4 heteroatoms. The van der Waals surface area contributed by atoms with Crippen molar-refractivity contribution < 1.29 is 0 Å². The number of nitriles is 1. The minimum atomic E-state index is 0.246. The molecule has 3 rings (SSSR count). The van der Waals surface area contributed by atoms with Gasteiger partial charge in [-0.25, -0.2) is 9.97 Å². The predicted octanol–water partition coefficient (Wildman–Crippen LogP) is 4.37. The summed E-state index contributed by atoms with van der Waals surface area (Å²) in [4.78, 5) is 9.25. The van der Waals surface area contributed by atoms with Crippen LogP contribution < -0.4 is 5.32 Å². The van der Waals surface area contributed by atoms with Gasteiger partial charge in [-0.05, 0) is 30.3 Å². The zero-order chi connectivity index (χ0) is 15.5. The third kappa shape index (κ3) is 2.75. The Morgan fingerprint density at radius 3 is 2.64 bits per heavy atom. The van der Waals surface area contributed by atoms with Crippen molar-refractivity contribution in [2.45, 2.75) is 19.8 Å². The summed E-state index contributed by atoms with van der Waals surface area (Å²) in [6.45, 7) is 4.15. The van der Waals surface area contributed by atoms with Crippen molar-refractivity contribution >= 4 is 22.4 Å². The number of anilines is 2. The highest BCUT2D eigenvalue weighted by Gasteiger charge is 2.10. The van der Waals surface area contributed by atoms with Crippen molar-refractivity contribution in [2.75, 3.05) is 5.32 Å². The Labute approximate surface area is 129 Å². The maximum atomic E-state index is 9.01. The number of para-hydroxylation sites is 1. The topological polar surface area (TPSA) is 61.6 Å². The molecule has 22 heavy (non-hydrogen) atoms. The third-order valence-electron chi connectivity index (χ3n) is 3.39. The van der Waals surface area contributed by atoms with Crippen molar-refractivity contribution in [3.63, 3.8) is 0 Å². The third-order valence-corrected chi connectivity index (χ3v) is 3.39. The first-order valence-electron chi connectivity index (χ1n) is 7.21. The van der Waals surface area contributed by atoms with E-state index in [1.165, 1.54) is 0 Å². The summed E-state index contributed by atoms with van der Waals surface area (Å²) in [5.74, 6) is 1.82. The molecule has 0 amide bonds. The van der Waals surface area contributed by atoms with E-state index in [0.717, 1.165) is 28.2 Å². The second-order valence-electron chi connectivity index (χ2n) is 5.42. The fourth-order valence-electron chi connectivity index (χ4n) is 2.25. The molecule has 0 aliphatic rings. The Hall–Kier alpha value is -2.93. The highest BCUT2D eigenvalue weighted by molar-refractivity contribution is 5.90. The van der Waals surface area contributed by atoms with Gasteiger partial charge < -0.3 is 5.32 Å². The van der Waals surface area contributed by atoms with Crippen LogP contribution in [0.4, 0.5) is 11.5 Å². The first-order chi connectivity index (χ1) is 10.7. The van der Waals surface area contributed by atoms with Crippen LogP contribution in [0.15, 0.2) is 48.5 Å². The van der Waals surface area contributed by atoms with Crippen molar-refractivity contribution in [3.05, 3.63) is 59.9 Å². The van der Waals surface area contributed by atoms with E-state index in [9.17, 15) is 0 Å². The van der Waals surface area contributed by atoms with Crippen molar-refractivity contribution in [3.8, 4) is 6.07 Å². The lowest BCUT2D eigenvalue weighted by Crippen LogP contribution is -2.03. The molecule has 0 aliphatic heterocycles. The number of rotatable bonds is 3. The second-order valence-corrected chi connectivity index (χ2v) is 5.42. The van der Waals surface area contributed by atoms with Gasteiger partial charge >= 0.3 is 0 Å². The fourth-order valence-corrected chi connectivity index (χ4v) is 2.25. The Balaban J connectivity index is 2.10. The standard InChI is InChI=1S/C18H16N4/c1-12(2)17-21-16-9-4-3-8-15(16)18(22-17)20-14-7-5-6-13(10-14)11-19/h3-10,12H,1-2H3,(H,20,21,22). The highest BCUT2D eigenvalue weighted by Crippen LogP contribution is 2.26. The van der Waals surface area contributed by atoms with Crippen LogP contribution >= 0.6 is 0 Å². The SMILES string of the molecule is CC(C)c1nc(Nc2cccc(C#N)c2)c2ccccc2n1. The number of benzene rings is 2. The van der Waals surface area contributed by atoms with Crippen LogP contribution in [-0.2, 0) is 0 Å². The summed E-state index contributed by atoms with van der Waals surface area (Å²) in [5, 5.41) is 13.3. The monoisotopic (exact) mass is 288 g/mol. The summed E-state index contributed by atoms with van der Waals surface area (Å²) in [5.41, 5.74) is 2.38. The van der Waals surface area contributed by atoms with E-state index in [1.807, 2.05) is 42.5 Å². The molecule has 2 aromatic carbocycles. The molecule has 0 spiro atoms. The van der Waals surface area contributed by atoms with Crippen LogP contribution in [0, 0.1) is 11.3 Å². The zero-order valence-corrected chi connectivity index (χ0v) is 12.5. The molecule has 0 atom stereocenters. The van der Waals surface area contributed by atoms with E-state index in [-0.39, 0.29) is 5.92 Å². The van der Waals surface area contributed by atoms with Gasteiger partial charge in [0.2, 0.25) is 0 Å². The van der Waals surface area contributed by atoms with Crippen LogP contribution in [0.2, 0.25) is 0 Å². The van der Waals surface area contributed by atoms with E-state index >= 15 is 0 Å². The molecule has 108 valence electrons. The molecule has 3 aromatic rings. The van der Waals surface area contributed by atoms with Gasteiger partial charge in [0.05, 0.1) is 17.1 Å². The second kappa shape index (κ2) is 5.82. The van der Waals surface area contributed by atoms with Gasteiger partial charge in [0, 0.05) is 17.0 Å². The number of hydrogen-bond donors (Lipinski definition) is 1. The van der Waals surface area contributed by atoms with E-state index in [2.05, 4.69) is 35.2 Å². The highest BCUT2D eigenvalue weighted by atomic mass is 15.0. The number of nitrogens with zero attached hydrogens (tertiary/aromatic N) is 3. The Kier molecular flexibility index (Phi) is 3.71. The lowest BCUT2D eigenvalue weighted by Gasteiger charge is -2.12. The molecule has 0 fully saturated rings. The van der Waals surface area contributed by atoms with Gasteiger partial charge in [-0.2, -0.15) is 5.26 Å². The molecule has 1 aromatic heterocycles. The largest absolute Gasteiger partial charge is 0.340 e. The quantitative estimate of drug-likeness (QED) is 0.777. The molecule has 0 saturated heterocycles. The van der Waals surface area contributed by atoms with Gasteiger partial charge in [-0.1, -0.05) is 32.0 Å². The maximum absolute atomic E-state index is 9.01. The van der Waals surface area contributed by atoms with Gasteiger partial charge in [0.15, 0.2) is 0 Å².